The SMILES string of the molecule is O=C(NCc1csc(Cc2ccccc2)n1)[C@@H]1Cc2ccccc2O1. The second-order valence-corrected chi connectivity index (χ2v) is 6.97. The average molecular weight is 350 g/mol. The zero-order valence-electron chi connectivity index (χ0n) is 13.6. The first-order chi connectivity index (χ1) is 12.3. The number of amides is 1. The average Bonchev–Trinajstić information content (AvgIpc) is 3.27. The van der Waals surface area contributed by atoms with Gasteiger partial charge in [-0.05, 0) is 17.2 Å². The van der Waals surface area contributed by atoms with Gasteiger partial charge in [0.25, 0.3) is 5.91 Å². The van der Waals surface area contributed by atoms with Crippen molar-refractivity contribution in [3.63, 3.8) is 0 Å². The molecule has 2 heterocycles. The molecule has 0 unspecified atom stereocenters. The largest absolute Gasteiger partial charge is 0.480 e. The topological polar surface area (TPSA) is 51.2 Å². The molecule has 4 nitrogen and oxygen atoms in total. The van der Waals surface area contributed by atoms with Crippen LogP contribution in [-0.2, 0) is 24.2 Å². The smallest absolute Gasteiger partial charge is 0.261 e. The highest BCUT2D eigenvalue weighted by atomic mass is 32.1. The van der Waals surface area contributed by atoms with E-state index in [4.69, 9.17) is 4.74 Å². The summed E-state index contributed by atoms with van der Waals surface area (Å²) < 4.78 is 5.71. The minimum atomic E-state index is -0.445. The monoisotopic (exact) mass is 350 g/mol. The van der Waals surface area contributed by atoms with Crippen molar-refractivity contribution in [2.45, 2.75) is 25.5 Å². The second kappa shape index (κ2) is 7.07. The fraction of sp³-hybridized carbons (Fsp3) is 0.200. The number of thiazole rings is 1. The van der Waals surface area contributed by atoms with Crippen LogP contribution in [0.25, 0.3) is 0 Å². The number of carbonyl (C=O) groups excluding carboxylic acids is 1. The van der Waals surface area contributed by atoms with Crippen molar-refractivity contribution in [3.05, 3.63) is 81.8 Å². The molecule has 1 aliphatic heterocycles. The summed E-state index contributed by atoms with van der Waals surface area (Å²) in [5, 5.41) is 5.99. The number of nitrogens with zero attached hydrogens (tertiary/aromatic N) is 1. The first-order valence-electron chi connectivity index (χ1n) is 8.27. The predicted octanol–water partition coefficient (Wildman–Crippen LogP) is 3.35. The lowest BCUT2D eigenvalue weighted by atomic mass is 10.1. The van der Waals surface area contributed by atoms with E-state index in [0.29, 0.717) is 13.0 Å². The molecule has 0 saturated heterocycles. The van der Waals surface area contributed by atoms with Crippen LogP contribution >= 0.6 is 11.3 Å². The third kappa shape index (κ3) is 3.72. The fourth-order valence-electron chi connectivity index (χ4n) is 2.90. The summed E-state index contributed by atoms with van der Waals surface area (Å²) in [6, 6.07) is 18.0. The zero-order chi connectivity index (χ0) is 17.1. The Hall–Kier alpha value is -2.66. The van der Waals surface area contributed by atoms with Crippen LogP contribution in [0.3, 0.4) is 0 Å². The third-order valence-corrected chi connectivity index (χ3v) is 5.08. The van der Waals surface area contributed by atoms with Crippen LogP contribution in [0, 0.1) is 0 Å². The number of carbonyl (C=O) groups is 1. The van der Waals surface area contributed by atoms with Gasteiger partial charge < -0.3 is 10.1 Å². The number of rotatable bonds is 5. The van der Waals surface area contributed by atoms with Gasteiger partial charge in [-0.25, -0.2) is 4.98 Å². The van der Waals surface area contributed by atoms with Gasteiger partial charge in [0.15, 0.2) is 6.10 Å². The molecule has 25 heavy (non-hydrogen) atoms. The lowest BCUT2D eigenvalue weighted by Gasteiger charge is -2.10. The Morgan fingerprint density at radius 2 is 1.96 bits per heavy atom. The summed E-state index contributed by atoms with van der Waals surface area (Å²) in [6.45, 7) is 0.431. The molecule has 2 aromatic carbocycles. The van der Waals surface area contributed by atoms with Gasteiger partial charge in [0.1, 0.15) is 5.75 Å². The van der Waals surface area contributed by atoms with Crippen LogP contribution in [0.2, 0.25) is 0 Å². The minimum Gasteiger partial charge on any atom is -0.480 e. The molecule has 126 valence electrons. The molecule has 0 saturated carbocycles. The quantitative estimate of drug-likeness (QED) is 0.768. The number of hydrogen-bond acceptors (Lipinski definition) is 4. The number of hydrogen-bond donors (Lipinski definition) is 1. The van der Waals surface area contributed by atoms with Gasteiger partial charge in [0.05, 0.1) is 17.2 Å². The van der Waals surface area contributed by atoms with Gasteiger partial charge in [0.2, 0.25) is 0 Å². The molecular weight excluding hydrogens is 332 g/mol. The molecule has 0 aliphatic carbocycles. The lowest BCUT2D eigenvalue weighted by Crippen LogP contribution is -2.37. The van der Waals surface area contributed by atoms with Gasteiger partial charge >= 0.3 is 0 Å². The van der Waals surface area contributed by atoms with E-state index in [1.165, 1.54) is 5.56 Å². The molecular formula is C20H18N2O2S. The van der Waals surface area contributed by atoms with Gasteiger partial charge in [-0.15, -0.1) is 11.3 Å². The van der Waals surface area contributed by atoms with E-state index >= 15 is 0 Å². The highest BCUT2D eigenvalue weighted by Gasteiger charge is 2.28. The predicted molar refractivity (Wildman–Crippen MR) is 97.8 cm³/mol. The van der Waals surface area contributed by atoms with E-state index in [1.54, 1.807) is 11.3 Å². The highest BCUT2D eigenvalue weighted by Crippen LogP contribution is 2.28. The van der Waals surface area contributed by atoms with Crippen LogP contribution in [0.4, 0.5) is 0 Å². The highest BCUT2D eigenvalue weighted by molar-refractivity contribution is 7.09. The molecule has 0 fully saturated rings. The summed E-state index contributed by atoms with van der Waals surface area (Å²) in [5.74, 6) is 0.718. The van der Waals surface area contributed by atoms with E-state index in [0.717, 1.165) is 28.4 Å². The normalized spacial score (nSPS) is 15.4. The summed E-state index contributed by atoms with van der Waals surface area (Å²) >= 11 is 1.62. The third-order valence-electron chi connectivity index (χ3n) is 4.18. The first kappa shape index (κ1) is 15.8. The van der Waals surface area contributed by atoms with Crippen LogP contribution in [0.1, 0.15) is 21.8 Å². The van der Waals surface area contributed by atoms with Crippen LogP contribution in [0.5, 0.6) is 5.75 Å². The van der Waals surface area contributed by atoms with Crippen molar-refractivity contribution in [3.8, 4) is 5.75 Å². The van der Waals surface area contributed by atoms with Gasteiger partial charge in [0, 0.05) is 18.2 Å². The van der Waals surface area contributed by atoms with E-state index in [1.807, 2.05) is 47.8 Å². The van der Waals surface area contributed by atoms with Crippen LogP contribution in [-0.4, -0.2) is 17.0 Å². The van der Waals surface area contributed by atoms with Gasteiger partial charge in [-0.3, -0.25) is 4.79 Å². The summed E-state index contributed by atoms with van der Waals surface area (Å²) in [7, 11) is 0. The second-order valence-electron chi connectivity index (χ2n) is 6.03. The number of aromatic nitrogens is 1. The first-order valence-corrected chi connectivity index (χ1v) is 9.15. The van der Waals surface area contributed by atoms with Crippen LogP contribution in [0.15, 0.2) is 60.0 Å². The number of nitrogens with one attached hydrogen (secondary N) is 1. The van der Waals surface area contributed by atoms with Crippen molar-refractivity contribution in [2.24, 2.45) is 0 Å². The lowest BCUT2D eigenvalue weighted by molar-refractivity contribution is -0.127. The number of fused-ring (bicyclic) bond motifs is 1. The van der Waals surface area contributed by atoms with Crippen molar-refractivity contribution < 1.29 is 9.53 Å². The molecule has 3 aromatic rings. The van der Waals surface area contributed by atoms with Crippen molar-refractivity contribution in [1.82, 2.24) is 10.3 Å². The Kier molecular flexibility index (Phi) is 4.48. The standard InChI is InChI=1S/C20H18N2O2S/c23-20(18-11-15-8-4-5-9-17(15)24-18)21-12-16-13-25-19(22-16)10-14-6-2-1-3-7-14/h1-9,13,18H,10-12H2,(H,21,23)/t18-/m0/s1. The Bertz CT molecular complexity index is 851. The van der Waals surface area contributed by atoms with E-state index < -0.39 is 6.10 Å². The zero-order valence-corrected chi connectivity index (χ0v) is 14.5. The number of para-hydroxylation sites is 1. The van der Waals surface area contributed by atoms with Crippen molar-refractivity contribution >= 4 is 17.2 Å². The van der Waals surface area contributed by atoms with Crippen molar-refractivity contribution in [2.75, 3.05) is 0 Å². The molecule has 4 rings (SSSR count). The fourth-order valence-corrected chi connectivity index (χ4v) is 3.73. The van der Waals surface area contributed by atoms with Crippen molar-refractivity contribution in [1.29, 1.82) is 0 Å². The Morgan fingerprint density at radius 3 is 2.80 bits per heavy atom. The summed E-state index contributed by atoms with van der Waals surface area (Å²) in [5.41, 5.74) is 3.21. The molecule has 1 amide bonds. The Morgan fingerprint density at radius 1 is 1.16 bits per heavy atom. The molecule has 0 bridgehead atoms. The van der Waals surface area contributed by atoms with Gasteiger partial charge in [-0.2, -0.15) is 0 Å². The van der Waals surface area contributed by atoms with E-state index in [-0.39, 0.29) is 5.91 Å². The number of ether oxygens (including phenoxy) is 1. The minimum absolute atomic E-state index is 0.0891. The molecule has 1 atom stereocenters. The molecule has 5 heteroatoms. The maximum absolute atomic E-state index is 12.3. The number of benzene rings is 2. The van der Waals surface area contributed by atoms with E-state index in [9.17, 15) is 4.79 Å². The molecule has 1 aromatic heterocycles. The molecule has 0 radical (unpaired) electrons. The Labute approximate surface area is 150 Å². The summed E-state index contributed by atoms with van der Waals surface area (Å²) in [6.07, 6.45) is 0.999. The van der Waals surface area contributed by atoms with E-state index in [2.05, 4.69) is 22.4 Å². The molecule has 1 aliphatic rings. The van der Waals surface area contributed by atoms with Gasteiger partial charge in [-0.1, -0.05) is 48.5 Å². The summed E-state index contributed by atoms with van der Waals surface area (Å²) in [4.78, 5) is 16.9. The molecule has 0 spiro atoms. The maximum Gasteiger partial charge on any atom is 0.261 e. The maximum atomic E-state index is 12.3. The molecule has 1 N–H and O–H groups in total. The Balaban J connectivity index is 1.31. The van der Waals surface area contributed by atoms with Crippen LogP contribution < -0.4 is 10.1 Å².